The Morgan fingerprint density at radius 1 is 1.14 bits per heavy atom. The zero-order valence-electron chi connectivity index (χ0n) is 15.4. The van der Waals surface area contributed by atoms with E-state index in [2.05, 4.69) is 15.0 Å². The number of nitrogens with zero attached hydrogens (tertiary/aromatic N) is 3. The second-order valence-electron chi connectivity index (χ2n) is 6.96. The summed E-state index contributed by atoms with van der Waals surface area (Å²) in [7, 11) is 1.71. The van der Waals surface area contributed by atoms with Gasteiger partial charge in [0.25, 0.3) is 5.56 Å². The SMILES string of the molecule is Cn1cc(-c2cnc3[nH]c(=O)n(Cc4ccc(Cl)cc4)c3c2)c2cc[nH]c2c1=O. The maximum atomic E-state index is 12.5. The molecule has 0 saturated carbocycles. The molecule has 0 saturated heterocycles. The molecule has 1 aromatic carbocycles. The normalized spacial score (nSPS) is 11.5. The Labute approximate surface area is 169 Å². The highest BCUT2D eigenvalue weighted by atomic mass is 35.5. The Hall–Kier alpha value is -3.58. The highest BCUT2D eigenvalue weighted by Crippen LogP contribution is 2.27. The first-order valence-corrected chi connectivity index (χ1v) is 9.39. The lowest BCUT2D eigenvalue weighted by Crippen LogP contribution is -2.17. The molecule has 0 radical (unpaired) electrons. The molecule has 0 spiro atoms. The van der Waals surface area contributed by atoms with Crippen LogP contribution in [0.2, 0.25) is 5.02 Å². The van der Waals surface area contributed by atoms with E-state index in [1.54, 1.807) is 42.3 Å². The molecule has 0 atom stereocenters. The number of benzene rings is 1. The van der Waals surface area contributed by atoms with Crippen LogP contribution in [0.1, 0.15) is 5.56 Å². The quantitative estimate of drug-likeness (QED) is 0.483. The summed E-state index contributed by atoms with van der Waals surface area (Å²) in [6.07, 6.45) is 5.24. The molecule has 4 aromatic heterocycles. The smallest absolute Gasteiger partial charge is 0.327 e. The van der Waals surface area contributed by atoms with Crippen LogP contribution in [0, 0.1) is 0 Å². The van der Waals surface area contributed by atoms with E-state index in [1.807, 2.05) is 24.3 Å². The summed E-state index contributed by atoms with van der Waals surface area (Å²) in [5.41, 5.74) is 4.07. The minimum atomic E-state index is -0.230. The minimum Gasteiger partial charge on any atom is -0.357 e. The van der Waals surface area contributed by atoms with Gasteiger partial charge in [-0.05, 0) is 29.8 Å². The van der Waals surface area contributed by atoms with Crippen molar-refractivity contribution in [1.29, 1.82) is 0 Å². The van der Waals surface area contributed by atoms with Crippen molar-refractivity contribution in [3.05, 3.63) is 86.4 Å². The number of imidazole rings is 1. The number of aromatic nitrogens is 5. The van der Waals surface area contributed by atoms with Crippen molar-refractivity contribution in [3.8, 4) is 11.1 Å². The van der Waals surface area contributed by atoms with Crippen LogP contribution >= 0.6 is 11.6 Å². The molecule has 0 amide bonds. The largest absolute Gasteiger partial charge is 0.357 e. The van der Waals surface area contributed by atoms with Crippen molar-refractivity contribution in [2.24, 2.45) is 7.05 Å². The first-order valence-electron chi connectivity index (χ1n) is 9.01. The second kappa shape index (κ2) is 6.49. The van der Waals surface area contributed by atoms with Gasteiger partial charge in [0.1, 0.15) is 5.52 Å². The summed E-state index contributed by atoms with van der Waals surface area (Å²) < 4.78 is 3.18. The number of hydrogen-bond donors (Lipinski definition) is 2. The number of halogens is 1. The van der Waals surface area contributed by atoms with E-state index < -0.39 is 0 Å². The maximum absolute atomic E-state index is 12.5. The van der Waals surface area contributed by atoms with Crippen LogP contribution < -0.4 is 11.2 Å². The van der Waals surface area contributed by atoms with Gasteiger partial charge in [-0.3, -0.25) is 14.3 Å². The van der Waals surface area contributed by atoms with E-state index in [0.29, 0.717) is 28.2 Å². The molecule has 0 fully saturated rings. The predicted molar refractivity (Wildman–Crippen MR) is 113 cm³/mol. The monoisotopic (exact) mass is 405 g/mol. The first kappa shape index (κ1) is 17.5. The van der Waals surface area contributed by atoms with Crippen LogP contribution in [0.5, 0.6) is 0 Å². The van der Waals surface area contributed by atoms with Crippen LogP contribution in [0.4, 0.5) is 0 Å². The summed E-state index contributed by atoms with van der Waals surface area (Å²) in [5.74, 6) is 0. The number of nitrogens with one attached hydrogen (secondary N) is 2. The van der Waals surface area contributed by atoms with E-state index in [1.165, 1.54) is 4.57 Å². The molecule has 5 rings (SSSR count). The molecule has 2 N–H and O–H groups in total. The van der Waals surface area contributed by atoms with E-state index in [9.17, 15) is 9.59 Å². The number of H-pyrrole nitrogens is 2. The van der Waals surface area contributed by atoms with Crippen LogP contribution in [0.25, 0.3) is 33.2 Å². The van der Waals surface area contributed by atoms with E-state index in [-0.39, 0.29) is 11.2 Å². The number of rotatable bonds is 3. The van der Waals surface area contributed by atoms with Crippen molar-refractivity contribution in [3.63, 3.8) is 0 Å². The molecule has 0 unspecified atom stereocenters. The average molecular weight is 406 g/mol. The van der Waals surface area contributed by atoms with Crippen molar-refractivity contribution in [1.82, 2.24) is 24.1 Å². The molecule has 7 nitrogen and oxygen atoms in total. The van der Waals surface area contributed by atoms with Crippen molar-refractivity contribution in [2.45, 2.75) is 6.54 Å². The zero-order chi connectivity index (χ0) is 20.1. The van der Waals surface area contributed by atoms with Crippen LogP contribution in [0.3, 0.4) is 0 Å². The van der Waals surface area contributed by atoms with E-state index >= 15 is 0 Å². The highest BCUT2D eigenvalue weighted by Gasteiger charge is 2.14. The van der Waals surface area contributed by atoms with Gasteiger partial charge in [-0.2, -0.15) is 0 Å². The molecule has 0 bridgehead atoms. The Balaban J connectivity index is 1.69. The molecular formula is C21H16ClN5O2. The molecule has 0 aliphatic carbocycles. The second-order valence-corrected chi connectivity index (χ2v) is 7.40. The number of aromatic amines is 2. The fraction of sp³-hybridized carbons (Fsp3) is 0.0952. The summed E-state index contributed by atoms with van der Waals surface area (Å²) in [4.78, 5) is 35.1. The lowest BCUT2D eigenvalue weighted by atomic mass is 10.1. The van der Waals surface area contributed by atoms with E-state index in [0.717, 1.165) is 22.1 Å². The third-order valence-electron chi connectivity index (χ3n) is 5.09. The Kier molecular flexibility index (Phi) is 3.92. The Bertz CT molecular complexity index is 1490. The maximum Gasteiger partial charge on any atom is 0.327 e. The van der Waals surface area contributed by atoms with Crippen molar-refractivity contribution in [2.75, 3.05) is 0 Å². The van der Waals surface area contributed by atoms with Crippen LogP contribution in [-0.4, -0.2) is 24.1 Å². The molecular weight excluding hydrogens is 390 g/mol. The predicted octanol–water partition coefficient (Wildman–Crippen LogP) is 3.27. The molecule has 5 aromatic rings. The van der Waals surface area contributed by atoms with Gasteiger partial charge in [0, 0.05) is 47.2 Å². The molecule has 8 heteroatoms. The summed E-state index contributed by atoms with van der Waals surface area (Å²) in [5, 5.41) is 1.46. The molecule has 0 aliphatic heterocycles. The third kappa shape index (κ3) is 2.87. The van der Waals surface area contributed by atoms with Gasteiger partial charge in [-0.1, -0.05) is 23.7 Å². The van der Waals surface area contributed by atoms with E-state index in [4.69, 9.17) is 11.6 Å². The number of hydrogen-bond acceptors (Lipinski definition) is 3. The fourth-order valence-electron chi connectivity index (χ4n) is 3.61. The van der Waals surface area contributed by atoms with Gasteiger partial charge in [0.15, 0.2) is 5.65 Å². The third-order valence-corrected chi connectivity index (χ3v) is 5.34. The molecule has 144 valence electrons. The van der Waals surface area contributed by atoms with Crippen LogP contribution in [-0.2, 0) is 13.6 Å². The lowest BCUT2D eigenvalue weighted by Gasteiger charge is -2.08. The molecule has 0 aliphatic rings. The highest BCUT2D eigenvalue weighted by molar-refractivity contribution is 6.30. The fourth-order valence-corrected chi connectivity index (χ4v) is 3.74. The summed E-state index contributed by atoms with van der Waals surface area (Å²) in [6, 6.07) is 11.2. The first-order chi connectivity index (χ1) is 14.0. The van der Waals surface area contributed by atoms with Crippen LogP contribution in [0.15, 0.2) is 64.6 Å². The van der Waals surface area contributed by atoms with Gasteiger partial charge in [0.2, 0.25) is 0 Å². The minimum absolute atomic E-state index is 0.0934. The summed E-state index contributed by atoms with van der Waals surface area (Å²) >= 11 is 5.96. The van der Waals surface area contributed by atoms with Crippen molar-refractivity contribution >= 4 is 33.7 Å². The van der Waals surface area contributed by atoms with Gasteiger partial charge in [-0.15, -0.1) is 0 Å². The van der Waals surface area contributed by atoms with Gasteiger partial charge in [-0.25, -0.2) is 9.78 Å². The number of aryl methyl sites for hydroxylation is 1. The Morgan fingerprint density at radius 3 is 2.72 bits per heavy atom. The van der Waals surface area contributed by atoms with Gasteiger partial charge >= 0.3 is 5.69 Å². The molecule has 4 heterocycles. The lowest BCUT2D eigenvalue weighted by molar-refractivity contribution is 0.787. The topological polar surface area (TPSA) is 88.5 Å². The van der Waals surface area contributed by atoms with Crippen molar-refractivity contribution < 1.29 is 0 Å². The number of fused-ring (bicyclic) bond motifs is 2. The zero-order valence-corrected chi connectivity index (χ0v) is 16.2. The van der Waals surface area contributed by atoms with Gasteiger partial charge < -0.3 is 9.55 Å². The standard InChI is InChI=1S/C21H16ClN5O2/c1-26-11-16(15-6-7-23-18(15)20(26)28)13-8-17-19(24-9-13)25-21(29)27(17)10-12-2-4-14(22)5-3-12/h2-9,11,23H,10H2,1H3,(H,24,25,29). The molecule has 29 heavy (non-hydrogen) atoms. The Morgan fingerprint density at radius 2 is 1.93 bits per heavy atom. The average Bonchev–Trinajstić information content (AvgIpc) is 3.31. The van der Waals surface area contributed by atoms with Gasteiger partial charge in [0.05, 0.1) is 12.1 Å². The summed E-state index contributed by atoms with van der Waals surface area (Å²) in [6.45, 7) is 0.397. The number of pyridine rings is 2.